The second kappa shape index (κ2) is 11.0. The van der Waals surface area contributed by atoms with Gasteiger partial charge in [-0.2, -0.15) is 0 Å². The van der Waals surface area contributed by atoms with Crippen molar-refractivity contribution >= 4 is 43.1 Å². The summed E-state index contributed by atoms with van der Waals surface area (Å²) in [5.41, 5.74) is 7.60. The van der Waals surface area contributed by atoms with Gasteiger partial charge < -0.3 is 0 Å². The van der Waals surface area contributed by atoms with Crippen LogP contribution in [-0.2, 0) is 0 Å². The van der Waals surface area contributed by atoms with Gasteiger partial charge in [-0.1, -0.05) is 166 Å². The van der Waals surface area contributed by atoms with E-state index in [1.165, 1.54) is 76.5 Å². The van der Waals surface area contributed by atoms with Crippen LogP contribution in [-0.4, -0.2) is 0 Å². The third-order valence-electron chi connectivity index (χ3n) is 8.25. The summed E-state index contributed by atoms with van der Waals surface area (Å²) >= 11 is 0. The van der Waals surface area contributed by atoms with Crippen LogP contribution in [0.1, 0.15) is 13.8 Å². The highest BCUT2D eigenvalue weighted by Crippen LogP contribution is 2.46. The fourth-order valence-corrected chi connectivity index (χ4v) is 6.47. The van der Waals surface area contributed by atoms with E-state index >= 15 is 0 Å². The third kappa shape index (κ3) is 4.24. The van der Waals surface area contributed by atoms with E-state index in [-0.39, 0.29) is 0 Å². The van der Waals surface area contributed by atoms with Crippen molar-refractivity contribution in [3.8, 4) is 33.4 Å². The molecule has 0 aromatic heterocycles. The van der Waals surface area contributed by atoms with E-state index in [9.17, 15) is 0 Å². The molecule has 0 N–H and O–H groups in total. The lowest BCUT2D eigenvalue weighted by Gasteiger charge is -2.20. The molecule has 0 aliphatic carbocycles. The van der Waals surface area contributed by atoms with Gasteiger partial charge in [-0.25, -0.2) is 0 Å². The van der Waals surface area contributed by atoms with Gasteiger partial charge in [0.05, 0.1) is 0 Å². The lowest BCUT2D eigenvalue weighted by molar-refractivity contribution is 1.50. The number of benzene rings is 8. The van der Waals surface area contributed by atoms with Crippen molar-refractivity contribution in [3.63, 3.8) is 0 Å². The predicted molar refractivity (Wildman–Crippen MR) is 184 cm³/mol. The molecule has 0 bridgehead atoms. The molecule has 0 heteroatoms. The van der Waals surface area contributed by atoms with Gasteiger partial charge in [-0.05, 0) is 82.5 Å². The number of hydrogen-bond donors (Lipinski definition) is 0. The first-order valence-corrected chi connectivity index (χ1v) is 14.9. The van der Waals surface area contributed by atoms with Gasteiger partial charge in [0.2, 0.25) is 0 Å². The average molecular weight is 537 g/mol. The fraction of sp³-hybridized carbons (Fsp3) is 0.0476. The van der Waals surface area contributed by atoms with E-state index in [2.05, 4.69) is 158 Å². The Hall–Kier alpha value is -5.20. The highest BCUT2D eigenvalue weighted by Gasteiger charge is 2.19. The van der Waals surface area contributed by atoms with Crippen LogP contribution in [0.3, 0.4) is 0 Å². The van der Waals surface area contributed by atoms with Crippen molar-refractivity contribution in [1.82, 2.24) is 0 Å². The fourth-order valence-electron chi connectivity index (χ4n) is 6.47. The Morgan fingerprint density at radius 3 is 1.43 bits per heavy atom. The smallest absolute Gasteiger partial charge is 0.00199 e. The lowest BCUT2D eigenvalue weighted by Crippen LogP contribution is -1.92. The minimum absolute atomic E-state index is 1.24. The van der Waals surface area contributed by atoms with Crippen molar-refractivity contribution in [1.29, 1.82) is 0 Å². The highest BCUT2D eigenvalue weighted by atomic mass is 14.2. The van der Waals surface area contributed by atoms with Gasteiger partial charge in [0, 0.05) is 0 Å². The summed E-state index contributed by atoms with van der Waals surface area (Å²) in [4.78, 5) is 0. The monoisotopic (exact) mass is 536 g/mol. The third-order valence-corrected chi connectivity index (χ3v) is 8.25. The summed E-state index contributed by atoms with van der Waals surface area (Å²) < 4.78 is 0. The molecule has 0 heterocycles. The molecule has 0 saturated carbocycles. The molecule has 0 spiro atoms. The molecular weight excluding hydrogens is 504 g/mol. The molecular formula is C42H32. The second-order valence-electron chi connectivity index (χ2n) is 10.5. The normalized spacial score (nSPS) is 11.1. The first-order chi connectivity index (χ1) is 20.9. The molecule has 0 nitrogen and oxygen atoms in total. The Morgan fingerprint density at radius 1 is 0.286 bits per heavy atom. The molecule has 200 valence electrons. The van der Waals surface area contributed by atoms with E-state index in [1.54, 1.807) is 0 Å². The molecule has 0 amide bonds. The van der Waals surface area contributed by atoms with E-state index in [0.717, 1.165) is 0 Å². The number of fused-ring (bicyclic) bond motifs is 4. The van der Waals surface area contributed by atoms with Crippen LogP contribution in [0.15, 0.2) is 158 Å². The van der Waals surface area contributed by atoms with Crippen LogP contribution in [0, 0.1) is 0 Å². The Bertz CT molecular complexity index is 2190. The largest absolute Gasteiger partial charge is 0.0683 e. The summed E-state index contributed by atoms with van der Waals surface area (Å²) in [7, 11) is 0. The molecule has 0 aliphatic rings. The van der Waals surface area contributed by atoms with Crippen LogP contribution in [0.5, 0.6) is 0 Å². The minimum Gasteiger partial charge on any atom is -0.0683 e. The van der Waals surface area contributed by atoms with E-state index in [0.29, 0.717) is 0 Å². The van der Waals surface area contributed by atoms with E-state index in [1.807, 2.05) is 13.8 Å². The van der Waals surface area contributed by atoms with Gasteiger partial charge >= 0.3 is 0 Å². The predicted octanol–water partition coefficient (Wildman–Crippen LogP) is 12.3. The zero-order chi connectivity index (χ0) is 28.5. The zero-order valence-electron chi connectivity index (χ0n) is 24.0. The lowest BCUT2D eigenvalue weighted by atomic mass is 9.83. The average Bonchev–Trinajstić information content (AvgIpc) is 3.08. The van der Waals surface area contributed by atoms with Gasteiger partial charge in [-0.15, -0.1) is 0 Å². The minimum atomic E-state index is 1.24. The molecule has 0 fully saturated rings. The van der Waals surface area contributed by atoms with Crippen LogP contribution in [0.4, 0.5) is 0 Å². The molecule has 0 radical (unpaired) electrons. The quantitative estimate of drug-likeness (QED) is 0.197. The SMILES string of the molecule is CC.c1ccc(-c2c3ccccc3c(-c3cccc4ccccc34)c3cc(-c4cccc5ccccc45)ccc23)cc1. The van der Waals surface area contributed by atoms with Gasteiger partial charge in [-0.3, -0.25) is 0 Å². The molecule has 42 heavy (non-hydrogen) atoms. The Kier molecular flexibility index (Phi) is 6.74. The number of rotatable bonds is 3. The van der Waals surface area contributed by atoms with Gasteiger partial charge in [0.25, 0.3) is 0 Å². The van der Waals surface area contributed by atoms with Crippen molar-refractivity contribution in [3.05, 3.63) is 158 Å². The molecule has 0 unspecified atom stereocenters. The number of hydrogen-bond acceptors (Lipinski definition) is 0. The first-order valence-electron chi connectivity index (χ1n) is 14.9. The maximum atomic E-state index is 2.42. The first kappa shape index (κ1) is 25.7. The van der Waals surface area contributed by atoms with Crippen LogP contribution >= 0.6 is 0 Å². The molecule has 0 saturated heterocycles. The second-order valence-corrected chi connectivity index (χ2v) is 10.5. The maximum Gasteiger partial charge on any atom is -0.00199 e. The Morgan fingerprint density at radius 2 is 0.762 bits per heavy atom. The maximum absolute atomic E-state index is 2.42. The van der Waals surface area contributed by atoms with Crippen molar-refractivity contribution in [2.24, 2.45) is 0 Å². The molecule has 0 atom stereocenters. The van der Waals surface area contributed by atoms with Gasteiger partial charge in [0.1, 0.15) is 0 Å². The summed E-state index contributed by atoms with van der Waals surface area (Å²) in [6.07, 6.45) is 0. The molecule has 8 aromatic rings. The van der Waals surface area contributed by atoms with Gasteiger partial charge in [0.15, 0.2) is 0 Å². The van der Waals surface area contributed by atoms with Crippen LogP contribution in [0.25, 0.3) is 76.5 Å². The summed E-state index contributed by atoms with van der Waals surface area (Å²) in [6, 6.07) is 57.5. The topological polar surface area (TPSA) is 0 Å². The van der Waals surface area contributed by atoms with Crippen LogP contribution < -0.4 is 0 Å². The summed E-state index contributed by atoms with van der Waals surface area (Å²) in [6.45, 7) is 4.00. The summed E-state index contributed by atoms with van der Waals surface area (Å²) in [5, 5.41) is 10.2. The van der Waals surface area contributed by atoms with Crippen molar-refractivity contribution in [2.75, 3.05) is 0 Å². The molecule has 8 aromatic carbocycles. The van der Waals surface area contributed by atoms with Crippen molar-refractivity contribution in [2.45, 2.75) is 13.8 Å². The zero-order valence-corrected chi connectivity index (χ0v) is 24.0. The van der Waals surface area contributed by atoms with Crippen molar-refractivity contribution < 1.29 is 0 Å². The molecule has 8 rings (SSSR count). The van der Waals surface area contributed by atoms with Crippen LogP contribution in [0.2, 0.25) is 0 Å². The van der Waals surface area contributed by atoms with E-state index < -0.39 is 0 Å². The Balaban J connectivity index is 0.00000141. The standard InChI is InChI=1S/C40H26.C2H6/c1-2-14-29(15-3-1)39-35-20-8-9-21-36(35)40(34-23-11-17-28-13-5-7-19-32(28)34)38-26-30(24-25-37(38)39)33-22-10-16-27-12-4-6-18-31(27)33;1-2/h1-26H;1-2H3. The summed E-state index contributed by atoms with van der Waals surface area (Å²) in [5.74, 6) is 0. The Labute approximate surface area is 247 Å². The highest BCUT2D eigenvalue weighted by molar-refractivity contribution is 6.24. The van der Waals surface area contributed by atoms with E-state index in [4.69, 9.17) is 0 Å². The molecule has 0 aliphatic heterocycles.